The molecule has 0 radical (unpaired) electrons. The summed E-state index contributed by atoms with van der Waals surface area (Å²) in [5.41, 5.74) is 1.75. The van der Waals surface area contributed by atoms with E-state index in [1.807, 2.05) is 31.2 Å². The maximum atomic E-state index is 11.7. The molecule has 1 aromatic heterocycles. The summed E-state index contributed by atoms with van der Waals surface area (Å²) in [5.74, 6) is 0.668. The Morgan fingerprint density at radius 1 is 1.26 bits per heavy atom. The van der Waals surface area contributed by atoms with Gasteiger partial charge in [0.2, 0.25) is 0 Å². The van der Waals surface area contributed by atoms with Crippen LogP contribution in [-0.2, 0) is 0 Å². The van der Waals surface area contributed by atoms with Crippen molar-refractivity contribution < 1.29 is 9.53 Å². The van der Waals surface area contributed by atoms with Crippen molar-refractivity contribution >= 4 is 5.91 Å². The van der Waals surface area contributed by atoms with Gasteiger partial charge in [-0.2, -0.15) is 0 Å². The zero-order valence-corrected chi connectivity index (χ0v) is 10.8. The lowest BCUT2D eigenvalue weighted by Crippen LogP contribution is -2.28. The first kappa shape index (κ1) is 13.1. The fourth-order valence-corrected chi connectivity index (χ4v) is 1.57. The largest absolute Gasteiger partial charge is 0.492 e. The fraction of sp³-hybridized carbons (Fsp3) is 0.200. The molecule has 0 spiro atoms. The van der Waals surface area contributed by atoms with Gasteiger partial charge in [-0.3, -0.25) is 9.78 Å². The maximum absolute atomic E-state index is 11.7. The van der Waals surface area contributed by atoms with Crippen molar-refractivity contribution in [3.63, 3.8) is 0 Å². The Labute approximate surface area is 112 Å². The molecule has 1 amide bonds. The van der Waals surface area contributed by atoms with Gasteiger partial charge in [0, 0.05) is 12.4 Å². The minimum Gasteiger partial charge on any atom is -0.492 e. The fourth-order valence-electron chi connectivity index (χ4n) is 1.57. The summed E-state index contributed by atoms with van der Waals surface area (Å²) in [4.78, 5) is 15.6. The van der Waals surface area contributed by atoms with E-state index in [4.69, 9.17) is 4.74 Å². The topological polar surface area (TPSA) is 51.2 Å². The van der Waals surface area contributed by atoms with E-state index >= 15 is 0 Å². The second-order valence-corrected chi connectivity index (χ2v) is 4.16. The smallest absolute Gasteiger partial charge is 0.252 e. The molecule has 0 fully saturated rings. The van der Waals surface area contributed by atoms with Crippen molar-refractivity contribution in [2.75, 3.05) is 13.2 Å². The summed E-state index contributed by atoms with van der Waals surface area (Å²) < 4.78 is 5.52. The van der Waals surface area contributed by atoms with Gasteiger partial charge in [0.1, 0.15) is 12.4 Å². The molecular weight excluding hydrogens is 240 g/mol. The molecule has 2 aromatic rings. The number of ether oxygens (including phenoxy) is 1. The molecule has 4 heteroatoms. The summed E-state index contributed by atoms with van der Waals surface area (Å²) in [7, 11) is 0. The van der Waals surface area contributed by atoms with E-state index in [-0.39, 0.29) is 5.91 Å². The van der Waals surface area contributed by atoms with Gasteiger partial charge in [-0.25, -0.2) is 0 Å². The van der Waals surface area contributed by atoms with Crippen LogP contribution in [0.2, 0.25) is 0 Å². The van der Waals surface area contributed by atoms with Crippen LogP contribution in [0.5, 0.6) is 5.75 Å². The average molecular weight is 256 g/mol. The molecule has 2 rings (SSSR count). The van der Waals surface area contributed by atoms with Gasteiger partial charge >= 0.3 is 0 Å². The summed E-state index contributed by atoms with van der Waals surface area (Å²) in [6, 6.07) is 11.3. The molecule has 0 atom stereocenters. The quantitative estimate of drug-likeness (QED) is 0.834. The van der Waals surface area contributed by atoms with E-state index < -0.39 is 0 Å². The van der Waals surface area contributed by atoms with Crippen molar-refractivity contribution in [2.45, 2.75) is 6.92 Å². The van der Waals surface area contributed by atoms with E-state index in [9.17, 15) is 4.79 Å². The minimum atomic E-state index is -0.138. The molecule has 98 valence electrons. The molecule has 0 unspecified atom stereocenters. The van der Waals surface area contributed by atoms with Crippen LogP contribution in [0.25, 0.3) is 0 Å². The van der Waals surface area contributed by atoms with Crippen LogP contribution >= 0.6 is 0 Å². The van der Waals surface area contributed by atoms with Crippen LogP contribution in [0.3, 0.4) is 0 Å². The van der Waals surface area contributed by atoms with Crippen LogP contribution in [0.1, 0.15) is 15.9 Å². The zero-order chi connectivity index (χ0) is 13.5. The summed E-state index contributed by atoms with van der Waals surface area (Å²) in [5, 5.41) is 2.78. The van der Waals surface area contributed by atoms with Crippen LogP contribution in [0.4, 0.5) is 0 Å². The molecule has 1 N–H and O–H groups in total. The molecule has 0 aliphatic rings. The number of nitrogens with zero attached hydrogens (tertiary/aromatic N) is 1. The van der Waals surface area contributed by atoms with E-state index in [0.717, 1.165) is 5.75 Å². The number of hydrogen-bond donors (Lipinski definition) is 1. The van der Waals surface area contributed by atoms with Crippen LogP contribution in [0.15, 0.2) is 48.8 Å². The van der Waals surface area contributed by atoms with Gasteiger partial charge in [-0.15, -0.1) is 0 Å². The first-order chi connectivity index (χ1) is 9.25. The lowest BCUT2D eigenvalue weighted by molar-refractivity contribution is 0.0946. The predicted molar refractivity (Wildman–Crippen MR) is 73.2 cm³/mol. The van der Waals surface area contributed by atoms with Crippen molar-refractivity contribution in [2.24, 2.45) is 0 Å². The third kappa shape index (κ3) is 4.10. The average Bonchev–Trinajstić information content (AvgIpc) is 2.46. The second-order valence-electron chi connectivity index (χ2n) is 4.16. The molecule has 1 aromatic carbocycles. The maximum Gasteiger partial charge on any atom is 0.252 e. The first-order valence-electron chi connectivity index (χ1n) is 6.13. The van der Waals surface area contributed by atoms with E-state index in [1.54, 1.807) is 18.3 Å². The molecule has 19 heavy (non-hydrogen) atoms. The standard InChI is InChI=1S/C15H16N2O2/c1-12-4-6-14(7-5-12)19-10-9-17-15(18)13-3-2-8-16-11-13/h2-8,11H,9-10H2,1H3,(H,17,18). The zero-order valence-electron chi connectivity index (χ0n) is 10.8. The monoisotopic (exact) mass is 256 g/mol. The lowest BCUT2D eigenvalue weighted by atomic mass is 10.2. The third-order valence-corrected chi connectivity index (χ3v) is 2.60. The summed E-state index contributed by atoms with van der Waals surface area (Å²) in [6.45, 7) is 2.93. The molecule has 0 saturated heterocycles. The molecular formula is C15H16N2O2. The Morgan fingerprint density at radius 2 is 2.05 bits per heavy atom. The molecule has 0 aliphatic carbocycles. The number of aryl methyl sites for hydroxylation is 1. The normalized spacial score (nSPS) is 9.95. The highest BCUT2D eigenvalue weighted by Crippen LogP contribution is 2.10. The van der Waals surface area contributed by atoms with Crippen molar-refractivity contribution in [1.29, 1.82) is 0 Å². The molecule has 0 aliphatic heterocycles. The third-order valence-electron chi connectivity index (χ3n) is 2.60. The van der Waals surface area contributed by atoms with Gasteiger partial charge < -0.3 is 10.1 Å². The Kier molecular flexibility index (Phi) is 4.50. The highest BCUT2D eigenvalue weighted by atomic mass is 16.5. The van der Waals surface area contributed by atoms with Gasteiger partial charge in [-0.05, 0) is 31.2 Å². The van der Waals surface area contributed by atoms with Crippen molar-refractivity contribution in [1.82, 2.24) is 10.3 Å². The molecule has 0 saturated carbocycles. The summed E-state index contributed by atoms with van der Waals surface area (Å²) >= 11 is 0. The number of carbonyl (C=O) groups excluding carboxylic acids is 1. The Morgan fingerprint density at radius 3 is 2.74 bits per heavy atom. The molecule has 1 heterocycles. The second kappa shape index (κ2) is 6.54. The van der Waals surface area contributed by atoms with E-state index in [2.05, 4.69) is 10.3 Å². The van der Waals surface area contributed by atoms with Crippen LogP contribution in [0, 0.1) is 6.92 Å². The SMILES string of the molecule is Cc1ccc(OCCNC(=O)c2cccnc2)cc1. The van der Waals surface area contributed by atoms with Gasteiger partial charge in [0.25, 0.3) is 5.91 Å². The van der Waals surface area contributed by atoms with Crippen LogP contribution in [-0.4, -0.2) is 24.0 Å². The number of carbonyl (C=O) groups is 1. The number of benzene rings is 1. The van der Waals surface area contributed by atoms with Crippen LogP contribution < -0.4 is 10.1 Å². The van der Waals surface area contributed by atoms with Crippen molar-refractivity contribution in [3.05, 3.63) is 59.9 Å². The molecule has 0 bridgehead atoms. The number of rotatable bonds is 5. The highest BCUT2D eigenvalue weighted by molar-refractivity contribution is 5.93. The minimum absolute atomic E-state index is 0.138. The van der Waals surface area contributed by atoms with Crippen molar-refractivity contribution in [3.8, 4) is 5.75 Å². The Balaban J connectivity index is 1.72. The Bertz CT molecular complexity index is 524. The highest BCUT2D eigenvalue weighted by Gasteiger charge is 2.03. The number of aromatic nitrogens is 1. The Hall–Kier alpha value is -2.36. The number of nitrogens with one attached hydrogen (secondary N) is 1. The first-order valence-corrected chi connectivity index (χ1v) is 6.13. The predicted octanol–water partition coefficient (Wildman–Crippen LogP) is 2.20. The van der Waals surface area contributed by atoms with Gasteiger partial charge in [0.15, 0.2) is 0 Å². The van der Waals surface area contributed by atoms with Gasteiger partial charge in [-0.1, -0.05) is 17.7 Å². The number of pyridine rings is 1. The van der Waals surface area contributed by atoms with E-state index in [1.165, 1.54) is 11.8 Å². The van der Waals surface area contributed by atoms with Gasteiger partial charge in [0.05, 0.1) is 12.1 Å². The number of hydrogen-bond acceptors (Lipinski definition) is 3. The molecule has 4 nitrogen and oxygen atoms in total. The summed E-state index contributed by atoms with van der Waals surface area (Å²) in [6.07, 6.45) is 3.17. The lowest BCUT2D eigenvalue weighted by Gasteiger charge is -2.07. The number of amides is 1. The van der Waals surface area contributed by atoms with E-state index in [0.29, 0.717) is 18.7 Å².